The quantitative estimate of drug-likeness (QED) is 0.925. The molecule has 0 bridgehead atoms. The van der Waals surface area contributed by atoms with E-state index in [1.54, 1.807) is 11.9 Å². The van der Waals surface area contributed by atoms with Crippen molar-refractivity contribution < 1.29 is 14.6 Å². The third kappa shape index (κ3) is 2.75. The first kappa shape index (κ1) is 14.8. The first-order valence-corrected chi connectivity index (χ1v) is 7.34. The fourth-order valence-electron chi connectivity index (χ4n) is 2.81. The molecule has 0 radical (unpaired) electrons. The van der Waals surface area contributed by atoms with Gasteiger partial charge in [0.05, 0.1) is 12.6 Å². The highest BCUT2D eigenvalue weighted by Gasteiger charge is 2.37. The van der Waals surface area contributed by atoms with E-state index in [1.807, 2.05) is 60.7 Å². The van der Waals surface area contributed by atoms with Crippen LogP contribution < -0.4 is 0 Å². The second kappa shape index (κ2) is 6.30. The molecule has 1 saturated heterocycles. The molecule has 4 heteroatoms. The summed E-state index contributed by atoms with van der Waals surface area (Å²) in [4.78, 5) is 14.1. The zero-order valence-electron chi connectivity index (χ0n) is 12.4. The molecule has 0 aliphatic carbocycles. The maximum Gasteiger partial charge on any atom is 0.254 e. The minimum atomic E-state index is -1.19. The topological polar surface area (TPSA) is 49.8 Å². The van der Waals surface area contributed by atoms with E-state index in [4.69, 9.17) is 4.74 Å². The fourth-order valence-corrected chi connectivity index (χ4v) is 2.81. The molecule has 1 fully saturated rings. The molecule has 3 atom stereocenters. The predicted octanol–water partition coefficient (Wildman–Crippen LogP) is 2.32. The van der Waals surface area contributed by atoms with Gasteiger partial charge in [0.1, 0.15) is 6.10 Å². The van der Waals surface area contributed by atoms with Crippen LogP contribution in [0.4, 0.5) is 0 Å². The molecule has 1 aliphatic heterocycles. The number of hydrogen-bond donors (Lipinski definition) is 1. The summed E-state index contributed by atoms with van der Waals surface area (Å²) in [6.07, 6.45) is -1.83. The van der Waals surface area contributed by atoms with E-state index >= 15 is 0 Å². The lowest BCUT2D eigenvalue weighted by Gasteiger charge is -2.26. The van der Waals surface area contributed by atoms with E-state index in [0.29, 0.717) is 6.61 Å². The average molecular weight is 297 g/mol. The lowest BCUT2D eigenvalue weighted by atomic mass is 10.0. The zero-order chi connectivity index (χ0) is 15.5. The fraction of sp³-hybridized carbons (Fsp3) is 0.278. The van der Waals surface area contributed by atoms with Gasteiger partial charge >= 0.3 is 0 Å². The molecule has 22 heavy (non-hydrogen) atoms. The monoisotopic (exact) mass is 297 g/mol. The summed E-state index contributed by atoms with van der Waals surface area (Å²) in [5.41, 5.74) is 1.81. The number of ether oxygens (including phenoxy) is 1. The highest BCUT2D eigenvalue weighted by molar-refractivity contribution is 5.82. The van der Waals surface area contributed by atoms with Crippen LogP contribution in [0.5, 0.6) is 0 Å². The van der Waals surface area contributed by atoms with Crippen LogP contribution in [0.3, 0.4) is 0 Å². The normalized spacial score (nSPS) is 25.8. The third-order valence-corrected chi connectivity index (χ3v) is 4.10. The number of carbonyl (C=O) groups is 1. The van der Waals surface area contributed by atoms with Crippen molar-refractivity contribution >= 4 is 5.91 Å². The van der Waals surface area contributed by atoms with Crippen LogP contribution in [0.15, 0.2) is 60.7 Å². The molecular weight excluding hydrogens is 278 g/mol. The molecule has 3 rings (SSSR count). The molecule has 0 unspecified atom stereocenters. The van der Waals surface area contributed by atoms with E-state index in [9.17, 15) is 9.90 Å². The highest BCUT2D eigenvalue weighted by Crippen LogP contribution is 2.31. The lowest BCUT2D eigenvalue weighted by molar-refractivity contribution is -0.143. The second-order valence-corrected chi connectivity index (χ2v) is 5.49. The third-order valence-electron chi connectivity index (χ3n) is 4.10. The van der Waals surface area contributed by atoms with Gasteiger partial charge in [-0.2, -0.15) is 0 Å². The number of benzene rings is 2. The van der Waals surface area contributed by atoms with Crippen LogP contribution in [0.25, 0.3) is 0 Å². The van der Waals surface area contributed by atoms with Crippen LogP contribution in [0.2, 0.25) is 0 Å². The van der Waals surface area contributed by atoms with E-state index in [0.717, 1.165) is 11.1 Å². The van der Waals surface area contributed by atoms with Crippen molar-refractivity contribution in [3.63, 3.8) is 0 Å². The van der Waals surface area contributed by atoms with E-state index in [2.05, 4.69) is 0 Å². The molecule has 0 aromatic heterocycles. The Morgan fingerprint density at radius 2 is 1.55 bits per heavy atom. The molecule has 1 amide bonds. The minimum Gasteiger partial charge on any atom is -0.380 e. The molecule has 1 heterocycles. The SMILES string of the molecule is CN1C(=O)[C@@H](O)[C@H](c2ccccc2)OC[C@H]1c1ccccc1. The maximum atomic E-state index is 12.5. The van der Waals surface area contributed by atoms with Crippen LogP contribution in [0, 0.1) is 0 Å². The van der Waals surface area contributed by atoms with Crippen molar-refractivity contribution in [3.05, 3.63) is 71.8 Å². The summed E-state index contributed by atoms with van der Waals surface area (Å²) < 4.78 is 5.90. The lowest BCUT2D eigenvalue weighted by Crippen LogP contribution is -2.39. The maximum absolute atomic E-state index is 12.5. The largest absolute Gasteiger partial charge is 0.380 e. The molecular formula is C18H19NO3. The Morgan fingerprint density at radius 3 is 2.14 bits per heavy atom. The number of carbonyl (C=O) groups excluding carboxylic acids is 1. The molecule has 114 valence electrons. The Balaban J connectivity index is 1.90. The van der Waals surface area contributed by atoms with Crippen molar-refractivity contribution in [1.29, 1.82) is 0 Å². The summed E-state index contributed by atoms with van der Waals surface area (Å²) in [6.45, 7) is 0.350. The number of amides is 1. The Kier molecular flexibility index (Phi) is 4.22. The smallest absolute Gasteiger partial charge is 0.254 e. The first-order chi connectivity index (χ1) is 10.7. The molecule has 1 N–H and O–H groups in total. The van der Waals surface area contributed by atoms with E-state index in [1.165, 1.54) is 0 Å². The van der Waals surface area contributed by atoms with Gasteiger partial charge in [0, 0.05) is 7.05 Å². The molecule has 1 aliphatic rings. The number of likely N-dealkylation sites (N-methyl/N-ethyl adjacent to an activating group) is 1. The van der Waals surface area contributed by atoms with Crippen molar-refractivity contribution in [2.45, 2.75) is 18.2 Å². The summed E-state index contributed by atoms with van der Waals surface area (Å²) >= 11 is 0. The van der Waals surface area contributed by atoms with Crippen molar-refractivity contribution in [3.8, 4) is 0 Å². The number of nitrogens with zero attached hydrogens (tertiary/aromatic N) is 1. The summed E-state index contributed by atoms with van der Waals surface area (Å²) in [5, 5.41) is 10.4. The van der Waals surface area contributed by atoms with Crippen molar-refractivity contribution in [2.24, 2.45) is 0 Å². The van der Waals surface area contributed by atoms with Gasteiger partial charge in [-0.25, -0.2) is 0 Å². The predicted molar refractivity (Wildman–Crippen MR) is 83.1 cm³/mol. The summed E-state index contributed by atoms with van der Waals surface area (Å²) in [7, 11) is 1.71. The Bertz CT molecular complexity index is 574. The van der Waals surface area contributed by atoms with Gasteiger partial charge in [0.15, 0.2) is 6.10 Å². The molecule has 0 spiro atoms. The summed E-state index contributed by atoms with van der Waals surface area (Å²) in [6, 6.07) is 18.9. The Hall–Kier alpha value is -2.17. The molecule has 2 aromatic rings. The minimum absolute atomic E-state index is 0.197. The van der Waals surface area contributed by atoms with Gasteiger partial charge in [0.25, 0.3) is 5.91 Å². The number of aliphatic hydroxyl groups is 1. The van der Waals surface area contributed by atoms with Crippen LogP contribution in [0.1, 0.15) is 23.3 Å². The Morgan fingerprint density at radius 1 is 1.00 bits per heavy atom. The van der Waals surface area contributed by atoms with E-state index < -0.39 is 12.2 Å². The van der Waals surface area contributed by atoms with Crippen LogP contribution in [-0.2, 0) is 9.53 Å². The number of aliphatic hydroxyl groups excluding tert-OH is 1. The number of hydrogen-bond acceptors (Lipinski definition) is 3. The van der Waals surface area contributed by atoms with Crippen molar-refractivity contribution in [2.75, 3.05) is 13.7 Å². The highest BCUT2D eigenvalue weighted by atomic mass is 16.5. The van der Waals surface area contributed by atoms with Crippen molar-refractivity contribution in [1.82, 2.24) is 4.90 Å². The van der Waals surface area contributed by atoms with Crippen LogP contribution in [-0.4, -0.2) is 35.7 Å². The van der Waals surface area contributed by atoms with E-state index in [-0.39, 0.29) is 11.9 Å². The van der Waals surface area contributed by atoms with Gasteiger partial charge in [0.2, 0.25) is 0 Å². The van der Waals surface area contributed by atoms with Gasteiger partial charge in [-0.1, -0.05) is 60.7 Å². The summed E-state index contributed by atoms with van der Waals surface area (Å²) in [5.74, 6) is -0.319. The van der Waals surface area contributed by atoms with Gasteiger partial charge < -0.3 is 14.7 Å². The second-order valence-electron chi connectivity index (χ2n) is 5.49. The average Bonchev–Trinajstić information content (AvgIpc) is 2.68. The number of rotatable bonds is 2. The Labute approximate surface area is 130 Å². The standard InChI is InChI=1S/C18H19NO3/c1-19-15(13-8-4-2-5-9-13)12-22-17(16(20)18(19)21)14-10-6-3-7-11-14/h2-11,15-17,20H,12H2,1H3/t15-,16-,17-/m0/s1. The molecule has 0 saturated carbocycles. The van der Waals surface area contributed by atoms with Gasteiger partial charge in [-0.05, 0) is 11.1 Å². The molecule has 2 aromatic carbocycles. The first-order valence-electron chi connectivity index (χ1n) is 7.34. The molecule has 4 nitrogen and oxygen atoms in total. The van der Waals surface area contributed by atoms with Gasteiger partial charge in [-0.15, -0.1) is 0 Å². The zero-order valence-corrected chi connectivity index (χ0v) is 12.4. The van der Waals surface area contributed by atoms with Crippen LogP contribution >= 0.6 is 0 Å². The van der Waals surface area contributed by atoms with Gasteiger partial charge in [-0.3, -0.25) is 4.79 Å².